The van der Waals surface area contributed by atoms with Gasteiger partial charge in [-0.3, -0.25) is 0 Å². The zero-order chi connectivity index (χ0) is 14.7. The van der Waals surface area contributed by atoms with Crippen LogP contribution in [-0.2, 0) is 13.0 Å². The predicted molar refractivity (Wildman–Crippen MR) is 76.4 cm³/mol. The molecule has 1 N–H and O–H groups in total. The quantitative estimate of drug-likeness (QED) is 0.773. The number of rotatable bonds is 5. The van der Waals surface area contributed by atoms with Crippen LogP contribution in [0.1, 0.15) is 11.3 Å². The van der Waals surface area contributed by atoms with Crippen molar-refractivity contribution in [3.8, 4) is 11.5 Å². The first-order chi connectivity index (χ1) is 10.2. The van der Waals surface area contributed by atoms with Crippen LogP contribution in [0.5, 0.6) is 0 Å². The molecule has 1 aromatic carbocycles. The van der Waals surface area contributed by atoms with Crippen LogP contribution in [0.3, 0.4) is 0 Å². The molecule has 0 bridgehead atoms. The molecular formula is C15H16N4O2. The lowest BCUT2D eigenvalue weighted by molar-refractivity contribution is 0.148. The highest BCUT2D eigenvalue weighted by Gasteiger charge is 2.12. The molecule has 0 radical (unpaired) electrons. The molecule has 3 rings (SSSR count). The van der Waals surface area contributed by atoms with Gasteiger partial charge in [0.25, 0.3) is 0 Å². The second kappa shape index (κ2) is 5.88. The first-order valence-electron chi connectivity index (χ1n) is 6.76. The zero-order valence-corrected chi connectivity index (χ0v) is 11.7. The minimum Gasteiger partial charge on any atom is -0.391 e. The van der Waals surface area contributed by atoms with Crippen molar-refractivity contribution in [3.05, 3.63) is 53.9 Å². The lowest BCUT2D eigenvalue weighted by Gasteiger charge is -2.09. The van der Waals surface area contributed by atoms with Gasteiger partial charge in [0.15, 0.2) is 11.5 Å². The maximum absolute atomic E-state index is 10.1. The highest BCUT2D eigenvalue weighted by atomic mass is 16.5. The summed E-state index contributed by atoms with van der Waals surface area (Å²) in [5.74, 6) is 0.580. The Hall–Kier alpha value is -2.47. The van der Waals surface area contributed by atoms with E-state index in [0.29, 0.717) is 24.4 Å². The number of aryl methyl sites for hydroxylation is 1. The third-order valence-electron chi connectivity index (χ3n) is 3.13. The van der Waals surface area contributed by atoms with Crippen molar-refractivity contribution in [1.82, 2.24) is 20.2 Å². The highest BCUT2D eigenvalue weighted by Crippen LogP contribution is 2.16. The van der Waals surface area contributed by atoms with Crippen molar-refractivity contribution in [2.24, 2.45) is 0 Å². The Bertz CT molecular complexity index is 705. The standard InChI is InChI=1S/C15H16N4O2/c1-11-7-15(21-17-11)14-10-19(18-16-14)9-13(20)8-12-5-3-2-4-6-12/h2-7,10,13,20H,8-9H2,1H3/t13-/m1/s1. The molecule has 0 fully saturated rings. The van der Waals surface area contributed by atoms with E-state index >= 15 is 0 Å². The Balaban J connectivity index is 1.64. The van der Waals surface area contributed by atoms with Gasteiger partial charge in [-0.25, -0.2) is 4.68 Å². The molecule has 6 heteroatoms. The molecule has 0 unspecified atom stereocenters. The van der Waals surface area contributed by atoms with Crippen LogP contribution in [0.2, 0.25) is 0 Å². The number of benzene rings is 1. The van der Waals surface area contributed by atoms with Crippen molar-refractivity contribution in [3.63, 3.8) is 0 Å². The van der Waals surface area contributed by atoms with E-state index in [9.17, 15) is 5.11 Å². The van der Waals surface area contributed by atoms with Gasteiger partial charge < -0.3 is 9.63 Å². The van der Waals surface area contributed by atoms with Gasteiger partial charge in [0.1, 0.15) is 0 Å². The summed E-state index contributed by atoms with van der Waals surface area (Å²) in [6, 6.07) is 11.7. The number of aliphatic hydroxyl groups excluding tert-OH is 1. The van der Waals surface area contributed by atoms with E-state index in [1.807, 2.05) is 37.3 Å². The fourth-order valence-corrected chi connectivity index (χ4v) is 2.15. The summed E-state index contributed by atoms with van der Waals surface area (Å²) in [5, 5.41) is 22.0. The Morgan fingerprint density at radius 1 is 1.29 bits per heavy atom. The molecular weight excluding hydrogens is 268 g/mol. The van der Waals surface area contributed by atoms with Crippen LogP contribution in [0.25, 0.3) is 11.5 Å². The second-order valence-electron chi connectivity index (χ2n) is 5.00. The van der Waals surface area contributed by atoms with Gasteiger partial charge in [-0.15, -0.1) is 5.10 Å². The molecule has 0 aliphatic heterocycles. The average Bonchev–Trinajstić information content (AvgIpc) is 3.09. The van der Waals surface area contributed by atoms with Crippen LogP contribution < -0.4 is 0 Å². The SMILES string of the molecule is Cc1cc(-c2cn(C[C@H](O)Cc3ccccc3)nn2)on1. The molecule has 2 heterocycles. The number of aromatic nitrogens is 4. The molecule has 1 atom stereocenters. The Morgan fingerprint density at radius 3 is 2.81 bits per heavy atom. The van der Waals surface area contributed by atoms with Crippen LogP contribution >= 0.6 is 0 Å². The van der Waals surface area contributed by atoms with E-state index < -0.39 is 6.10 Å². The zero-order valence-electron chi connectivity index (χ0n) is 11.7. The van der Waals surface area contributed by atoms with Crippen LogP contribution in [0.15, 0.2) is 47.1 Å². The van der Waals surface area contributed by atoms with Crippen molar-refractivity contribution in [2.45, 2.75) is 26.0 Å². The first kappa shape index (κ1) is 13.5. The Kier molecular flexibility index (Phi) is 3.79. The number of nitrogens with zero attached hydrogens (tertiary/aromatic N) is 4. The van der Waals surface area contributed by atoms with Gasteiger partial charge in [-0.05, 0) is 12.5 Å². The van der Waals surface area contributed by atoms with Gasteiger partial charge in [-0.2, -0.15) is 0 Å². The smallest absolute Gasteiger partial charge is 0.188 e. The largest absolute Gasteiger partial charge is 0.391 e. The lowest BCUT2D eigenvalue weighted by Crippen LogP contribution is -2.19. The minimum absolute atomic E-state index is 0.384. The van der Waals surface area contributed by atoms with E-state index in [2.05, 4.69) is 15.5 Å². The van der Waals surface area contributed by atoms with E-state index in [1.54, 1.807) is 16.9 Å². The normalized spacial score (nSPS) is 12.5. The second-order valence-corrected chi connectivity index (χ2v) is 5.00. The fourth-order valence-electron chi connectivity index (χ4n) is 2.15. The van der Waals surface area contributed by atoms with Gasteiger partial charge in [0.2, 0.25) is 0 Å². The maximum atomic E-state index is 10.1. The third kappa shape index (κ3) is 3.35. The van der Waals surface area contributed by atoms with Crippen LogP contribution in [0.4, 0.5) is 0 Å². The molecule has 0 amide bonds. The molecule has 3 aromatic rings. The average molecular weight is 284 g/mol. The molecule has 0 spiro atoms. The van der Waals surface area contributed by atoms with Crippen LogP contribution in [-0.4, -0.2) is 31.4 Å². The predicted octanol–water partition coefficient (Wildman–Crippen LogP) is 1.85. The molecule has 6 nitrogen and oxygen atoms in total. The molecule has 0 aliphatic carbocycles. The minimum atomic E-state index is -0.515. The number of hydrogen-bond acceptors (Lipinski definition) is 5. The van der Waals surface area contributed by atoms with Gasteiger partial charge in [-0.1, -0.05) is 40.7 Å². The fraction of sp³-hybridized carbons (Fsp3) is 0.267. The summed E-state index contributed by atoms with van der Waals surface area (Å²) in [7, 11) is 0. The van der Waals surface area contributed by atoms with Crippen molar-refractivity contribution in [2.75, 3.05) is 0 Å². The summed E-state index contributed by atoms with van der Waals surface area (Å²) in [6.07, 6.45) is 1.81. The van der Waals surface area contributed by atoms with Crippen LogP contribution in [0, 0.1) is 6.92 Å². The van der Waals surface area contributed by atoms with E-state index in [-0.39, 0.29) is 0 Å². The summed E-state index contributed by atoms with van der Waals surface area (Å²) >= 11 is 0. The number of hydrogen-bond donors (Lipinski definition) is 1. The molecule has 2 aromatic heterocycles. The van der Waals surface area contributed by atoms with Crippen molar-refractivity contribution in [1.29, 1.82) is 0 Å². The van der Waals surface area contributed by atoms with Gasteiger partial charge in [0.05, 0.1) is 24.5 Å². The summed E-state index contributed by atoms with van der Waals surface area (Å²) < 4.78 is 6.75. The monoisotopic (exact) mass is 284 g/mol. The molecule has 21 heavy (non-hydrogen) atoms. The number of aliphatic hydroxyl groups is 1. The van der Waals surface area contributed by atoms with Gasteiger partial charge >= 0.3 is 0 Å². The summed E-state index contributed by atoms with van der Waals surface area (Å²) in [5.41, 5.74) is 2.50. The van der Waals surface area contributed by atoms with E-state index in [0.717, 1.165) is 11.3 Å². The van der Waals surface area contributed by atoms with Gasteiger partial charge in [0, 0.05) is 12.5 Å². The molecule has 0 saturated carbocycles. The first-order valence-corrected chi connectivity index (χ1v) is 6.76. The third-order valence-corrected chi connectivity index (χ3v) is 3.13. The van der Waals surface area contributed by atoms with Crippen molar-refractivity contribution >= 4 is 0 Å². The molecule has 0 aliphatic rings. The van der Waals surface area contributed by atoms with E-state index in [4.69, 9.17) is 4.52 Å². The summed E-state index contributed by atoms with van der Waals surface area (Å²) in [6.45, 7) is 2.23. The topological polar surface area (TPSA) is 77.0 Å². The molecule has 108 valence electrons. The molecule has 0 saturated heterocycles. The van der Waals surface area contributed by atoms with E-state index in [1.165, 1.54) is 0 Å². The Labute approximate surface area is 122 Å². The lowest BCUT2D eigenvalue weighted by atomic mass is 10.1. The highest BCUT2D eigenvalue weighted by molar-refractivity contribution is 5.49. The Morgan fingerprint density at radius 2 is 2.10 bits per heavy atom. The van der Waals surface area contributed by atoms with Crippen molar-refractivity contribution < 1.29 is 9.63 Å². The maximum Gasteiger partial charge on any atom is 0.188 e. The summed E-state index contributed by atoms with van der Waals surface area (Å²) in [4.78, 5) is 0.